The number of hydrogen-bond acceptors (Lipinski definition) is 2. The van der Waals surface area contributed by atoms with Crippen LogP contribution in [-0.2, 0) is 12.8 Å². The van der Waals surface area contributed by atoms with Crippen molar-refractivity contribution in [1.82, 2.24) is 10.2 Å². The summed E-state index contributed by atoms with van der Waals surface area (Å²) in [5.74, 6) is -0.0879. The first-order valence-corrected chi connectivity index (χ1v) is 9.04. The Hall–Kier alpha value is -1.71. The Balaban J connectivity index is 1.33. The van der Waals surface area contributed by atoms with Crippen LogP contribution in [0.3, 0.4) is 0 Å². The van der Waals surface area contributed by atoms with E-state index in [1.807, 2.05) is 12.1 Å². The molecule has 0 spiro atoms. The van der Waals surface area contributed by atoms with Gasteiger partial charge < -0.3 is 10.2 Å². The molecule has 0 amide bonds. The molecule has 1 saturated heterocycles. The van der Waals surface area contributed by atoms with E-state index in [0.29, 0.717) is 6.04 Å². The first-order valence-electron chi connectivity index (χ1n) is 9.04. The molecule has 3 rings (SSSR count). The van der Waals surface area contributed by atoms with Gasteiger partial charge in [0.1, 0.15) is 5.82 Å². The summed E-state index contributed by atoms with van der Waals surface area (Å²) in [5, 5.41) is 3.60. The van der Waals surface area contributed by atoms with Gasteiger partial charge in [-0.05, 0) is 62.5 Å². The van der Waals surface area contributed by atoms with Gasteiger partial charge in [0, 0.05) is 12.6 Å². The zero-order valence-electron chi connectivity index (χ0n) is 14.3. The summed E-state index contributed by atoms with van der Waals surface area (Å²) in [5.41, 5.74) is 2.23. The predicted octanol–water partition coefficient (Wildman–Crippen LogP) is 3.66. The highest BCUT2D eigenvalue weighted by atomic mass is 19.1. The lowest BCUT2D eigenvalue weighted by atomic mass is 10.0. The number of rotatable bonds is 7. The zero-order chi connectivity index (χ0) is 16.6. The molecule has 0 bridgehead atoms. The molecule has 24 heavy (non-hydrogen) atoms. The molecule has 3 heteroatoms. The van der Waals surface area contributed by atoms with E-state index in [0.717, 1.165) is 44.6 Å². The minimum atomic E-state index is -0.0879. The molecular weight excluding hydrogens is 299 g/mol. The molecule has 2 aromatic rings. The van der Waals surface area contributed by atoms with E-state index in [2.05, 4.69) is 40.5 Å². The third-order valence-corrected chi connectivity index (χ3v) is 4.93. The Kier molecular flexibility index (Phi) is 6.39. The molecule has 1 aliphatic rings. The number of piperidine rings is 1. The van der Waals surface area contributed by atoms with E-state index >= 15 is 0 Å². The van der Waals surface area contributed by atoms with Gasteiger partial charge in [-0.2, -0.15) is 0 Å². The molecule has 128 valence electrons. The number of halogens is 1. The van der Waals surface area contributed by atoms with Crippen LogP contribution < -0.4 is 5.32 Å². The third kappa shape index (κ3) is 5.15. The second-order valence-electron chi connectivity index (χ2n) is 6.65. The molecule has 2 aromatic carbocycles. The molecule has 2 nitrogen and oxygen atoms in total. The van der Waals surface area contributed by atoms with E-state index in [-0.39, 0.29) is 5.82 Å². The normalized spacial score (nSPS) is 16.4. The van der Waals surface area contributed by atoms with Crippen LogP contribution in [-0.4, -0.2) is 37.1 Å². The lowest BCUT2D eigenvalue weighted by molar-refractivity contribution is 0.200. The van der Waals surface area contributed by atoms with Crippen LogP contribution in [0.2, 0.25) is 0 Å². The van der Waals surface area contributed by atoms with Crippen LogP contribution >= 0.6 is 0 Å². The Morgan fingerprint density at radius 3 is 2.38 bits per heavy atom. The fraction of sp³-hybridized carbons (Fsp3) is 0.429. The highest BCUT2D eigenvalue weighted by Crippen LogP contribution is 2.12. The third-order valence-electron chi connectivity index (χ3n) is 4.93. The topological polar surface area (TPSA) is 15.3 Å². The fourth-order valence-corrected chi connectivity index (χ4v) is 3.40. The summed E-state index contributed by atoms with van der Waals surface area (Å²) in [6, 6.07) is 18.4. The van der Waals surface area contributed by atoms with Crippen molar-refractivity contribution in [1.29, 1.82) is 0 Å². The Morgan fingerprint density at radius 2 is 1.62 bits per heavy atom. The van der Waals surface area contributed by atoms with Crippen LogP contribution in [0.5, 0.6) is 0 Å². The minimum Gasteiger partial charge on any atom is -0.314 e. The molecule has 1 N–H and O–H groups in total. The zero-order valence-corrected chi connectivity index (χ0v) is 14.3. The number of nitrogens with one attached hydrogen (secondary N) is 1. The summed E-state index contributed by atoms with van der Waals surface area (Å²) in [4.78, 5) is 2.56. The van der Waals surface area contributed by atoms with Crippen molar-refractivity contribution in [3.8, 4) is 0 Å². The van der Waals surface area contributed by atoms with Crippen molar-refractivity contribution in [2.24, 2.45) is 0 Å². The van der Waals surface area contributed by atoms with E-state index in [1.54, 1.807) is 12.1 Å². The van der Waals surface area contributed by atoms with Crippen molar-refractivity contribution in [3.05, 3.63) is 71.5 Å². The average Bonchev–Trinajstić information content (AvgIpc) is 2.63. The van der Waals surface area contributed by atoms with Gasteiger partial charge in [0.15, 0.2) is 0 Å². The first kappa shape index (κ1) is 17.1. The maximum absolute atomic E-state index is 13.6. The van der Waals surface area contributed by atoms with Crippen LogP contribution in [0.1, 0.15) is 24.0 Å². The maximum Gasteiger partial charge on any atom is 0.126 e. The quantitative estimate of drug-likeness (QED) is 0.835. The standard InChI is InChI=1S/C21H27FN2/c22-21-9-5-4-8-19(21)10-14-23-20-12-16-24(17-13-20)15-11-18-6-2-1-3-7-18/h1-9,20,23H,10-17H2. The van der Waals surface area contributed by atoms with Gasteiger partial charge >= 0.3 is 0 Å². The fourth-order valence-electron chi connectivity index (χ4n) is 3.40. The van der Waals surface area contributed by atoms with Crippen molar-refractivity contribution in [3.63, 3.8) is 0 Å². The first-order chi connectivity index (χ1) is 11.8. The number of likely N-dealkylation sites (tertiary alicyclic amines) is 1. The predicted molar refractivity (Wildman–Crippen MR) is 97.7 cm³/mol. The lowest BCUT2D eigenvalue weighted by Crippen LogP contribution is -2.43. The molecule has 1 heterocycles. The number of nitrogens with zero attached hydrogens (tertiary/aromatic N) is 1. The van der Waals surface area contributed by atoms with E-state index in [1.165, 1.54) is 18.4 Å². The molecule has 0 unspecified atom stereocenters. The van der Waals surface area contributed by atoms with Crippen molar-refractivity contribution < 1.29 is 4.39 Å². The van der Waals surface area contributed by atoms with Crippen molar-refractivity contribution >= 4 is 0 Å². The Labute approximate surface area is 144 Å². The smallest absolute Gasteiger partial charge is 0.126 e. The van der Waals surface area contributed by atoms with Crippen LogP contribution in [0.15, 0.2) is 54.6 Å². The molecular formula is C21H27FN2. The largest absolute Gasteiger partial charge is 0.314 e. The van der Waals surface area contributed by atoms with Gasteiger partial charge in [0.05, 0.1) is 0 Å². The van der Waals surface area contributed by atoms with Crippen molar-refractivity contribution in [2.75, 3.05) is 26.2 Å². The highest BCUT2D eigenvalue weighted by molar-refractivity contribution is 5.17. The summed E-state index contributed by atoms with van der Waals surface area (Å²) >= 11 is 0. The van der Waals surface area contributed by atoms with Gasteiger partial charge in [0.2, 0.25) is 0 Å². The van der Waals surface area contributed by atoms with Gasteiger partial charge in [0.25, 0.3) is 0 Å². The Morgan fingerprint density at radius 1 is 0.917 bits per heavy atom. The summed E-state index contributed by atoms with van der Waals surface area (Å²) in [7, 11) is 0. The molecule has 1 fully saturated rings. The summed E-state index contributed by atoms with van der Waals surface area (Å²) in [6.07, 6.45) is 4.27. The molecule has 0 radical (unpaired) electrons. The van der Waals surface area contributed by atoms with Gasteiger partial charge in [-0.1, -0.05) is 48.5 Å². The second kappa shape index (κ2) is 8.95. The minimum absolute atomic E-state index is 0.0879. The number of benzene rings is 2. The van der Waals surface area contributed by atoms with Crippen LogP contribution in [0, 0.1) is 5.82 Å². The molecule has 0 saturated carbocycles. The van der Waals surface area contributed by atoms with Gasteiger partial charge in [-0.3, -0.25) is 0 Å². The molecule has 1 aliphatic heterocycles. The highest BCUT2D eigenvalue weighted by Gasteiger charge is 2.18. The lowest BCUT2D eigenvalue weighted by Gasteiger charge is -2.32. The second-order valence-corrected chi connectivity index (χ2v) is 6.65. The average molecular weight is 326 g/mol. The summed E-state index contributed by atoms with van der Waals surface area (Å²) in [6.45, 7) is 4.32. The summed E-state index contributed by atoms with van der Waals surface area (Å²) < 4.78 is 13.6. The van der Waals surface area contributed by atoms with Crippen molar-refractivity contribution in [2.45, 2.75) is 31.7 Å². The van der Waals surface area contributed by atoms with E-state index < -0.39 is 0 Å². The monoisotopic (exact) mass is 326 g/mol. The number of hydrogen-bond donors (Lipinski definition) is 1. The van der Waals surface area contributed by atoms with E-state index in [4.69, 9.17) is 0 Å². The van der Waals surface area contributed by atoms with Gasteiger partial charge in [-0.25, -0.2) is 4.39 Å². The molecule has 0 aliphatic carbocycles. The van der Waals surface area contributed by atoms with E-state index in [9.17, 15) is 4.39 Å². The molecule has 0 atom stereocenters. The SMILES string of the molecule is Fc1ccccc1CCNC1CCN(CCc2ccccc2)CC1. The molecule has 0 aromatic heterocycles. The van der Waals surface area contributed by atoms with Crippen LogP contribution in [0.4, 0.5) is 4.39 Å². The Bertz CT molecular complexity index is 606. The van der Waals surface area contributed by atoms with Crippen LogP contribution in [0.25, 0.3) is 0 Å². The van der Waals surface area contributed by atoms with Gasteiger partial charge in [-0.15, -0.1) is 0 Å². The maximum atomic E-state index is 13.6.